The predicted octanol–water partition coefficient (Wildman–Crippen LogP) is 3.39. The van der Waals surface area contributed by atoms with E-state index < -0.39 is 0 Å². The van der Waals surface area contributed by atoms with Crippen LogP contribution in [0, 0.1) is 0 Å². The molecule has 1 amide bonds. The van der Waals surface area contributed by atoms with Gasteiger partial charge in [-0.05, 0) is 12.0 Å². The Labute approximate surface area is 170 Å². The van der Waals surface area contributed by atoms with Gasteiger partial charge in [-0.15, -0.1) is 0 Å². The van der Waals surface area contributed by atoms with Gasteiger partial charge in [-0.2, -0.15) is 0 Å². The summed E-state index contributed by atoms with van der Waals surface area (Å²) in [5, 5.41) is 0. The largest absolute Gasteiger partial charge is 0.376 e. The standard InChI is InChI=1S/C24H23N3O2/c28-21(13-18-7-3-1-4-8-18)27-12-11-24(16-27)17-29-15-20-14-25-23(26-22(20)24)19-9-5-2-6-10-19/h1-10,14H,11-13,15-17H2/t24-/m1/s1. The number of fused-ring (bicyclic) bond motifs is 2. The maximum absolute atomic E-state index is 12.9. The number of aromatic nitrogens is 2. The molecule has 3 aromatic rings. The van der Waals surface area contributed by atoms with Gasteiger partial charge in [0.2, 0.25) is 5.91 Å². The van der Waals surface area contributed by atoms with Crippen LogP contribution < -0.4 is 0 Å². The highest BCUT2D eigenvalue weighted by Gasteiger charge is 2.46. The van der Waals surface area contributed by atoms with E-state index in [0.29, 0.717) is 26.2 Å². The van der Waals surface area contributed by atoms with Crippen molar-refractivity contribution in [2.24, 2.45) is 0 Å². The van der Waals surface area contributed by atoms with Crippen LogP contribution in [0.2, 0.25) is 0 Å². The molecule has 2 aromatic carbocycles. The molecule has 2 aliphatic rings. The maximum Gasteiger partial charge on any atom is 0.227 e. The highest BCUT2D eigenvalue weighted by Crippen LogP contribution is 2.39. The molecule has 1 spiro atoms. The average molecular weight is 385 g/mol. The van der Waals surface area contributed by atoms with Crippen molar-refractivity contribution in [3.63, 3.8) is 0 Å². The lowest BCUT2D eigenvalue weighted by molar-refractivity contribution is -0.129. The third-order valence-electron chi connectivity index (χ3n) is 5.94. The molecule has 5 nitrogen and oxygen atoms in total. The average Bonchev–Trinajstić information content (AvgIpc) is 3.20. The van der Waals surface area contributed by atoms with Crippen molar-refractivity contribution in [3.05, 3.63) is 83.7 Å². The number of carbonyl (C=O) groups is 1. The molecule has 0 aliphatic carbocycles. The number of ether oxygens (including phenoxy) is 1. The number of rotatable bonds is 3. The Balaban J connectivity index is 1.42. The van der Waals surface area contributed by atoms with Gasteiger partial charge in [-0.3, -0.25) is 4.79 Å². The topological polar surface area (TPSA) is 55.3 Å². The van der Waals surface area contributed by atoms with E-state index in [9.17, 15) is 4.79 Å². The number of carbonyl (C=O) groups excluding carboxylic acids is 1. The molecule has 2 aliphatic heterocycles. The van der Waals surface area contributed by atoms with Crippen LogP contribution in [0.4, 0.5) is 0 Å². The van der Waals surface area contributed by atoms with Gasteiger partial charge in [0.1, 0.15) is 0 Å². The predicted molar refractivity (Wildman–Crippen MR) is 110 cm³/mol. The van der Waals surface area contributed by atoms with Gasteiger partial charge in [0.25, 0.3) is 0 Å². The monoisotopic (exact) mass is 385 g/mol. The van der Waals surface area contributed by atoms with Gasteiger partial charge >= 0.3 is 0 Å². The molecule has 3 heterocycles. The Morgan fingerprint density at radius 1 is 1.07 bits per heavy atom. The van der Waals surface area contributed by atoms with Crippen LogP contribution in [0.1, 0.15) is 23.2 Å². The van der Waals surface area contributed by atoms with Crippen LogP contribution in [0.3, 0.4) is 0 Å². The maximum atomic E-state index is 12.9. The summed E-state index contributed by atoms with van der Waals surface area (Å²) in [6, 6.07) is 20.0. The first-order valence-electron chi connectivity index (χ1n) is 10.0. The van der Waals surface area contributed by atoms with E-state index in [1.165, 1.54) is 0 Å². The second-order valence-electron chi connectivity index (χ2n) is 7.93. The van der Waals surface area contributed by atoms with Gasteiger partial charge in [0.05, 0.1) is 30.7 Å². The SMILES string of the molecule is O=C(Cc1ccccc1)N1CC[C@]2(COCc3cnc(-c4ccccc4)nc32)C1. The van der Waals surface area contributed by atoms with Gasteiger partial charge in [-0.1, -0.05) is 60.7 Å². The fraction of sp³-hybridized carbons (Fsp3) is 0.292. The summed E-state index contributed by atoms with van der Waals surface area (Å²) in [4.78, 5) is 24.4. The van der Waals surface area contributed by atoms with Crippen LogP contribution in [0.15, 0.2) is 66.9 Å². The molecule has 0 unspecified atom stereocenters. The molecule has 5 rings (SSSR count). The molecule has 29 heavy (non-hydrogen) atoms. The minimum Gasteiger partial charge on any atom is -0.376 e. The van der Waals surface area contributed by atoms with Gasteiger partial charge in [0.15, 0.2) is 5.82 Å². The molecule has 1 aromatic heterocycles. The van der Waals surface area contributed by atoms with E-state index >= 15 is 0 Å². The van der Waals surface area contributed by atoms with Gasteiger partial charge in [0, 0.05) is 30.4 Å². The van der Waals surface area contributed by atoms with Crippen molar-refractivity contribution in [2.45, 2.75) is 24.9 Å². The van der Waals surface area contributed by atoms with Crippen LogP contribution in [-0.2, 0) is 28.0 Å². The molecule has 0 bridgehead atoms. The number of hydrogen-bond donors (Lipinski definition) is 0. The molecule has 146 valence electrons. The van der Waals surface area contributed by atoms with Crippen molar-refractivity contribution in [1.82, 2.24) is 14.9 Å². The first-order valence-corrected chi connectivity index (χ1v) is 10.0. The lowest BCUT2D eigenvalue weighted by Crippen LogP contribution is -2.42. The Hall–Kier alpha value is -3.05. The summed E-state index contributed by atoms with van der Waals surface area (Å²) < 4.78 is 5.91. The van der Waals surface area contributed by atoms with Crippen LogP contribution >= 0.6 is 0 Å². The van der Waals surface area contributed by atoms with Gasteiger partial charge < -0.3 is 9.64 Å². The third kappa shape index (κ3) is 3.42. The van der Waals surface area contributed by atoms with Crippen LogP contribution in [0.25, 0.3) is 11.4 Å². The van der Waals surface area contributed by atoms with Crippen molar-refractivity contribution in [3.8, 4) is 11.4 Å². The Morgan fingerprint density at radius 3 is 2.62 bits per heavy atom. The lowest BCUT2D eigenvalue weighted by atomic mass is 9.80. The molecular weight excluding hydrogens is 362 g/mol. The molecule has 0 N–H and O–H groups in total. The second-order valence-corrected chi connectivity index (χ2v) is 7.93. The first kappa shape index (κ1) is 18.0. The fourth-order valence-corrected chi connectivity index (χ4v) is 4.40. The second kappa shape index (κ2) is 7.41. The van der Waals surface area contributed by atoms with E-state index in [1.807, 2.05) is 71.8 Å². The van der Waals surface area contributed by atoms with E-state index in [1.54, 1.807) is 0 Å². The number of amides is 1. The molecule has 5 heteroatoms. The normalized spacial score (nSPS) is 20.6. The fourth-order valence-electron chi connectivity index (χ4n) is 4.40. The number of benzene rings is 2. The quantitative estimate of drug-likeness (QED) is 0.694. The van der Waals surface area contributed by atoms with Crippen molar-refractivity contribution < 1.29 is 9.53 Å². The molecule has 0 radical (unpaired) electrons. The zero-order valence-corrected chi connectivity index (χ0v) is 16.3. The molecule has 1 fully saturated rings. The summed E-state index contributed by atoms with van der Waals surface area (Å²) in [6.45, 7) is 2.51. The summed E-state index contributed by atoms with van der Waals surface area (Å²) in [6.07, 6.45) is 3.19. The number of hydrogen-bond acceptors (Lipinski definition) is 4. The van der Waals surface area contributed by atoms with E-state index in [0.717, 1.165) is 41.2 Å². The molecule has 1 saturated heterocycles. The Bertz CT molecular complexity index is 1020. The molecule has 0 saturated carbocycles. The molecular formula is C24H23N3O2. The van der Waals surface area contributed by atoms with E-state index in [2.05, 4.69) is 4.98 Å². The Kier molecular flexibility index (Phi) is 4.60. The minimum atomic E-state index is -0.244. The first-order chi connectivity index (χ1) is 14.2. The van der Waals surface area contributed by atoms with Crippen LogP contribution in [-0.4, -0.2) is 40.5 Å². The van der Waals surface area contributed by atoms with E-state index in [4.69, 9.17) is 9.72 Å². The highest BCUT2D eigenvalue weighted by molar-refractivity contribution is 5.79. The molecule has 1 atom stereocenters. The summed E-state index contributed by atoms with van der Waals surface area (Å²) >= 11 is 0. The van der Waals surface area contributed by atoms with Crippen molar-refractivity contribution in [2.75, 3.05) is 19.7 Å². The van der Waals surface area contributed by atoms with E-state index in [-0.39, 0.29) is 11.3 Å². The Morgan fingerprint density at radius 2 is 1.83 bits per heavy atom. The smallest absolute Gasteiger partial charge is 0.227 e. The summed E-state index contributed by atoms with van der Waals surface area (Å²) in [7, 11) is 0. The summed E-state index contributed by atoms with van der Waals surface area (Å²) in [5.41, 5.74) is 3.90. The van der Waals surface area contributed by atoms with Gasteiger partial charge in [-0.25, -0.2) is 9.97 Å². The third-order valence-corrected chi connectivity index (χ3v) is 5.94. The summed E-state index contributed by atoms with van der Waals surface area (Å²) in [5.74, 6) is 0.900. The number of nitrogens with zero attached hydrogens (tertiary/aromatic N) is 3. The zero-order chi connectivity index (χ0) is 19.7. The van der Waals surface area contributed by atoms with Crippen molar-refractivity contribution >= 4 is 5.91 Å². The highest BCUT2D eigenvalue weighted by atomic mass is 16.5. The van der Waals surface area contributed by atoms with Crippen molar-refractivity contribution in [1.29, 1.82) is 0 Å². The lowest BCUT2D eigenvalue weighted by Gasteiger charge is -2.34. The minimum absolute atomic E-state index is 0.164. The zero-order valence-electron chi connectivity index (χ0n) is 16.3. The number of likely N-dealkylation sites (tertiary alicyclic amines) is 1. The van der Waals surface area contributed by atoms with Crippen LogP contribution in [0.5, 0.6) is 0 Å².